The number of ether oxygens (including phenoxy) is 1. The van der Waals surface area contributed by atoms with Gasteiger partial charge in [-0.3, -0.25) is 0 Å². The number of halogens is 3. The number of hydrogen-bond donors (Lipinski definition) is 0. The van der Waals surface area contributed by atoms with Crippen LogP contribution in [0, 0.1) is 24.4 Å². The highest BCUT2D eigenvalue weighted by Crippen LogP contribution is 2.27. The van der Waals surface area contributed by atoms with Crippen molar-refractivity contribution in [2.45, 2.75) is 40.5 Å². The molecule has 0 spiro atoms. The quantitative estimate of drug-likeness (QED) is 0.441. The summed E-state index contributed by atoms with van der Waals surface area (Å²) in [6.07, 6.45) is 0. The van der Waals surface area contributed by atoms with E-state index in [-0.39, 0.29) is 11.6 Å². The topological polar surface area (TPSA) is 9.23 Å². The Balaban J connectivity index is 0.000000301. The number of hydrogen-bond acceptors (Lipinski definition) is 1. The van der Waals surface area contributed by atoms with E-state index in [1.165, 1.54) is 12.1 Å². The van der Waals surface area contributed by atoms with Crippen LogP contribution in [0.25, 0.3) is 0 Å². The minimum Gasteiger partial charge on any atom is -0.454 e. The lowest BCUT2D eigenvalue weighted by Gasteiger charge is -2.09. The summed E-state index contributed by atoms with van der Waals surface area (Å²) in [5, 5.41) is 0. The molecule has 0 bridgehead atoms. The van der Waals surface area contributed by atoms with Gasteiger partial charge in [-0.25, -0.2) is 13.2 Å². The van der Waals surface area contributed by atoms with Gasteiger partial charge in [0.25, 0.3) is 0 Å². The molecular weight excluding hydrogens is 361 g/mol. The molecule has 0 fully saturated rings. The van der Waals surface area contributed by atoms with Gasteiger partial charge in [-0.15, -0.1) is 0 Å². The molecule has 0 saturated heterocycles. The van der Waals surface area contributed by atoms with E-state index in [9.17, 15) is 13.2 Å². The van der Waals surface area contributed by atoms with Crippen LogP contribution in [0.4, 0.5) is 13.2 Å². The largest absolute Gasteiger partial charge is 0.454 e. The number of para-hydroxylation sites is 1. The zero-order chi connectivity index (χ0) is 21.1. The number of benzene rings is 3. The Kier molecular flexibility index (Phi) is 9.86. The van der Waals surface area contributed by atoms with Gasteiger partial charge < -0.3 is 4.74 Å². The normalized spacial score (nSPS) is 9.75. The van der Waals surface area contributed by atoms with Crippen molar-refractivity contribution in [1.82, 2.24) is 0 Å². The van der Waals surface area contributed by atoms with Crippen LogP contribution in [-0.4, -0.2) is 0 Å². The molecule has 3 aromatic carbocycles. The number of aryl methyl sites for hydroxylation is 1. The van der Waals surface area contributed by atoms with Crippen molar-refractivity contribution in [2.75, 3.05) is 0 Å². The van der Waals surface area contributed by atoms with Gasteiger partial charge in [-0.1, -0.05) is 58.0 Å². The molecule has 0 aliphatic heterocycles. The molecule has 0 N–H and O–H groups in total. The summed E-state index contributed by atoms with van der Waals surface area (Å²) in [6, 6.07) is 18.1. The lowest BCUT2D eigenvalue weighted by atomic mass is 10.0. The molecule has 3 rings (SSSR count). The molecule has 0 radical (unpaired) electrons. The zero-order valence-electron chi connectivity index (χ0n) is 17.0. The lowest BCUT2D eigenvalue weighted by Crippen LogP contribution is -1.92. The highest BCUT2D eigenvalue weighted by atomic mass is 19.2. The Bertz CT molecular complexity index is 846. The molecule has 0 unspecified atom stereocenters. The van der Waals surface area contributed by atoms with E-state index in [1.807, 2.05) is 52.0 Å². The van der Waals surface area contributed by atoms with Gasteiger partial charge >= 0.3 is 0 Å². The van der Waals surface area contributed by atoms with Crippen molar-refractivity contribution in [3.8, 4) is 11.5 Å². The molecule has 150 valence electrons. The predicted molar refractivity (Wildman–Crippen MR) is 109 cm³/mol. The second kappa shape index (κ2) is 11.9. The van der Waals surface area contributed by atoms with E-state index in [4.69, 9.17) is 4.74 Å². The molecule has 28 heavy (non-hydrogen) atoms. The van der Waals surface area contributed by atoms with Gasteiger partial charge in [0, 0.05) is 0 Å². The SMILES string of the molecule is CC.CC(C)c1ccc(Oc2ccccc2)c(F)c1.Cc1ccc(F)c(F)c1. The maximum atomic E-state index is 13.8. The molecule has 0 aliphatic carbocycles. The Morgan fingerprint density at radius 3 is 1.86 bits per heavy atom. The van der Waals surface area contributed by atoms with Crippen LogP contribution in [-0.2, 0) is 0 Å². The smallest absolute Gasteiger partial charge is 0.166 e. The summed E-state index contributed by atoms with van der Waals surface area (Å²) in [5.74, 6) is -0.671. The van der Waals surface area contributed by atoms with Crippen molar-refractivity contribution in [3.05, 3.63) is 95.3 Å². The van der Waals surface area contributed by atoms with Crippen molar-refractivity contribution in [1.29, 1.82) is 0 Å². The third kappa shape index (κ3) is 7.47. The average Bonchev–Trinajstić information content (AvgIpc) is 2.69. The Labute approximate surface area is 165 Å². The van der Waals surface area contributed by atoms with Gasteiger partial charge in [-0.2, -0.15) is 0 Å². The van der Waals surface area contributed by atoms with E-state index in [0.717, 1.165) is 23.3 Å². The molecule has 0 aliphatic rings. The maximum absolute atomic E-state index is 13.8. The van der Waals surface area contributed by atoms with Gasteiger partial charge in [0.1, 0.15) is 5.75 Å². The summed E-state index contributed by atoms with van der Waals surface area (Å²) < 4.78 is 43.6. The fourth-order valence-corrected chi connectivity index (χ4v) is 2.18. The predicted octanol–water partition coefficient (Wildman–Crippen LogP) is 8.04. The third-order valence-electron chi connectivity index (χ3n) is 3.67. The number of rotatable bonds is 3. The monoisotopic (exact) mass is 388 g/mol. The van der Waals surface area contributed by atoms with E-state index < -0.39 is 11.6 Å². The first-order valence-electron chi connectivity index (χ1n) is 9.31. The lowest BCUT2D eigenvalue weighted by molar-refractivity contribution is 0.441. The van der Waals surface area contributed by atoms with Crippen LogP contribution in [0.3, 0.4) is 0 Å². The Morgan fingerprint density at radius 2 is 1.36 bits per heavy atom. The first-order chi connectivity index (χ1) is 13.4. The minimum atomic E-state index is -0.791. The second-order valence-corrected chi connectivity index (χ2v) is 6.18. The highest BCUT2D eigenvalue weighted by Gasteiger charge is 2.07. The fraction of sp³-hybridized carbons (Fsp3) is 0.250. The van der Waals surface area contributed by atoms with E-state index in [0.29, 0.717) is 11.7 Å². The summed E-state index contributed by atoms with van der Waals surface area (Å²) in [4.78, 5) is 0. The van der Waals surface area contributed by atoms with Gasteiger partial charge in [0.2, 0.25) is 0 Å². The summed E-state index contributed by atoms with van der Waals surface area (Å²) in [7, 11) is 0. The van der Waals surface area contributed by atoms with Gasteiger partial charge in [0.15, 0.2) is 23.2 Å². The molecule has 0 heterocycles. The first-order valence-corrected chi connectivity index (χ1v) is 9.31. The average molecular weight is 388 g/mol. The molecule has 3 aromatic rings. The van der Waals surface area contributed by atoms with Crippen molar-refractivity contribution < 1.29 is 17.9 Å². The fourth-order valence-electron chi connectivity index (χ4n) is 2.18. The third-order valence-corrected chi connectivity index (χ3v) is 3.67. The molecule has 0 aromatic heterocycles. The molecule has 4 heteroatoms. The molecule has 0 amide bonds. The van der Waals surface area contributed by atoms with Crippen LogP contribution >= 0.6 is 0 Å². The molecule has 0 saturated carbocycles. The van der Waals surface area contributed by atoms with Crippen molar-refractivity contribution in [2.24, 2.45) is 0 Å². The summed E-state index contributed by atoms with van der Waals surface area (Å²) >= 11 is 0. The standard InChI is InChI=1S/C15H15FO.C7H6F2.C2H6/c1-11(2)12-8-9-15(14(16)10-12)17-13-6-4-3-5-7-13;1-5-2-3-6(8)7(9)4-5;1-2/h3-11H,1-2H3;2-4H,1H3;1-2H3. The van der Waals surface area contributed by atoms with Crippen molar-refractivity contribution in [3.63, 3.8) is 0 Å². The zero-order valence-corrected chi connectivity index (χ0v) is 17.0. The maximum Gasteiger partial charge on any atom is 0.166 e. The molecular formula is C24H27F3O. The summed E-state index contributed by atoms with van der Waals surface area (Å²) in [6.45, 7) is 9.78. The van der Waals surface area contributed by atoms with Crippen LogP contribution in [0.1, 0.15) is 44.7 Å². The van der Waals surface area contributed by atoms with Crippen LogP contribution < -0.4 is 4.74 Å². The minimum absolute atomic E-state index is 0.264. The Hall–Kier alpha value is -2.75. The van der Waals surface area contributed by atoms with Crippen molar-refractivity contribution >= 4 is 0 Å². The van der Waals surface area contributed by atoms with Crippen LogP contribution in [0.2, 0.25) is 0 Å². The second-order valence-electron chi connectivity index (χ2n) is 6.18. The first kappa shape index (κ1) is 23.3. The van der Waals surface area contributed by atoms with Crippen LogP contribution in [0.5, 0.6) is 11.5 Å². The van der Waals surface area contributed by atoms with E-state index >= 15 is 0 Å². The van der Waals surface area contributed by atoms with Crippen LogP contribution in [0.15, 0.2) is 66.7 Å². The molecule has 0 atom stereocenters. The Morgan fingerprint density at radius 1 is 0.714 bits per heavy atom. The highest BCUT2D eigenvalue weighted by molar-refractivity contribution is 5.35. The summed E-state index contributed by atoms with van der Waals surface area (Å²) in [5.41, 5.74) is 1.71. The van der Waals surface area contributed by atoms with E-state index in [2.05, 4.69) is 0 Å². The van der Waals surface area contributed by atoms with Gasteiger partial charge in [-0.05, 0) is 60.4 Å². The van der Waals surface area contributed by atoms with Gasteiger partial charge in [0.05, 0.1) is 0 Å². The van der Waals surface area contributed by atoms with E-state index in [1.54, 1.807) is 25.1 Å². The molecule has 1 nitrogen and oxygen atoms in total.